The molecule has 0 spiro atoms. The van der Waals surface area contributed by atoms with Crippen molar-refractivity contribution in [2.75, 3.05) is 5.75 Å². The van der Waals surface area contributed by atoms with E-state index in [0.29, 0.717) is 0 Å². The molecule has 11 heavy (non-hydrogen) atoms. The van der Waals surface area contributed by atoms with Crippen molar-refractivity contribution >= 4 is 20.4 Å². The first-order valence-electron chi connectivity index (χ1n) is 2.57. The molecule has 0 unspecified atom stereocenters. The molecule has 0 nitrogen and oxygen atoms in total. The summed E-state index contributed by atoms with van der Waals surface area (Å²) in [5, 5.41) is 0. The second kappa shape index (κ2) is 3.01. The summed E-state index contributed by atoms with van der Waals surface area (Å²) >= 11 is 3.29. The van der Waals surface area contributed by atoms with Gasteiger partial charge in [-0.2, -0.15) is 0 Å². The Morgan fingerprint density at radius 1 is 1.00 bits per heavy atom. The fourth-order valence-corrected chi connectivity index (χ4v) is 0. The van der Waals surface area contributed by atoms with Crippen LogP contribution in [0.25, 0.3) is 0 Å². The Morgan fingerprint density at radius 2 is 1.09 bits per heavy atom. The van der Waals surface area contributed by atoms with Crippen LogP contribution in [-0.4, -0.2) is 5.75 Å². The molecule has 0 bridgehead atoms. The van der Waals surface area contributed by atoms with Gasteiger partial charge in [0.05, 0.1) is 0 Å². The zero-order valence-corrected chi connectivity index (χ0v) is 7.52. The molecule has 0 aliphatic carbocycles. The van der Waals surface area contributed by atoms with E-state index in [2.05, 4.69) is 19.6 Å². The molecule has 0 amide bonds. The zero-order chi connectivity index (χ0) is 9.82. The number of halogens is 6. The molecule has 0 N–H and O–H groups in total. The molecular weight excluding hydrogens is 213 g/mol. The van der Waals surface area contributed by atoms with Gasteiger partial charge in [0.15, 0.2) is 0 Å². The van der Waals surface area contributed by atoms with E-state index in [1.165, 1.54) is 6.42 Å². The van der Waals surface area contributed by atoms with Gasteiger partial charge in [0, 0.05) is 0 Å². The third kappa shape index (κ3) is 391. The van der Waals surface area contributed by atoms with Crippen LogP contribution in [0.5, 0.6) is 0 Å². The van der Waals surface area contributed by atoms with Crippen LogP contribution in [0.3, 0.4) is 0 Å². The first-order valence-corrected chi connectivity index (χ1v) is 5.31. The Morgan fingerprint density at radius 3 is 1.09 bits per heavy atom. The normalized spacial score (nSPS) is 17.5. The third-order valence-electron chi connectivity index (χ3n) is 0.250. The Labute approximate surface area is 65.6 Å². The van der Waals surface area contributed by atoms with Crippen molar-refractivity contribution in [3.05, 3.63) is 0 Å². The van der Waals surface area contributed by atoms with Gasteiger partial charge in [0.25, 0.3) is 0 Å². The average molecular weight is 222 g/mol. The van der Waals surface area contributed by atoms with E-state index < -0.39 is 7.81 Å². The Balaban J connectivity index is 0. The molecule has 0 rings (SSSR count). The summed E-state index contributed by atoms with van der Waals surface area (Å²) in [6.07, 6.45) is 1.23. The molecule has 0 aliphatic rings. The zero-order valence-electron chi connectivity index (χ0n) is 5.63. The SMILES string of the molecule is CCC[SH2+].F[P-](F)(F)(F)(F)F. The first kappa shape index (κ1) is 13.9. The predicted molar refractivity (Wildman–Crippen MR) is 38.9 cm³/mol. The standard InChI is InChI=1S/C3H8S.F6P/c1-2-3-4;1-7(2,3,4,5)6/h4H,2-3H2,1H3;/q;-1/p+1. The molecule has 0 aromatic heterocycles. The van der Waals surface area contributed by atoms with Crippen molar-refractivity contribution in [2.45, 2.75) is 13.3 Å². The van der Waals surface area contributed by atoms with Crippen molar-refractivity contribution in [3.63, 3.8) is 0 Å². The van der Waals surface area contributed by atoms with E-state index in [4.69, 9.17) is 0 Å². The third-order valence-corrected chi connectivity index (χ3v) is 0.750. The molecule has 0 saturated carbocycles. The van der Waals surface area contributed by atoms with Crippen LogP contribution in [0.2, 0.25) is 0 Å². The molecule has 0 aromatic carbocycles. The Hall–Kier alpha value is 0.360. The number of rotatable bonds is 1. The summed E-state index contributed by atoms with van der Waals surface area (Å²) in [5.41, 5.74) is 0. The van der Waals surface area contributed by atoms with E-state index in [1.54, 1.807) is 0 Å². The van der Waals surface area contributed by atoms with Crippen LogP contribution in [0, 0.1) is 0 Å². The van der Waals surface area contributed by atoms with Crippen LogP contribution in [0.1, 0.15) is 13.3 Å². The quantitative estimate of drug-likeness (QED) is 0.359. The minimum atomic E-state index is -10.7. The van der Waals surface area contributed by atoms with Crippen LogP contribution < -0.4 is 0 Å². The summed E-state index contributed by atoms with van der Waals surface area (Å²) < 4.78 is 59.2. The van der Waals surface area contributed by atoms with E-state index >= 15 is 0 Å². The van der Waals surface area contributed by atoms with Crippen LogP contribution in [0.15, 0.2) is 0 Å². The molecule has 8 heteroatoms. The molecule has 0 aromatic rings. The molecule has 0 saturated heterocycles. The van der Waals surface area contributed by atoms with Crippen LogP contribution >= 0.6 is 7.81 Å². The van der Waals surface area contributed by atoms with Gasteiger partial charge in [-0.3, -0.25) is 0 Å². The average Bonchev–Trinajstić information content (AvgIpc) is 1.57. The van der Waals surface area contributed by atoms with Crippen molar-refractivity contribution in [1.82, 2.24) is 0 Å². The summed E-state index contributed by atoms with van der Waals surface area (Å²) in [5.74, 6) is 1.12. The Kier molecular flexibility index (Phi) is 3.81. The van der Waals surface area contributed by atoms with Gasteiger partial charge < -0.3 is 0 Å². The second-order valence-electron chi connectivity index (χ2n) is 1.71. The van der Waals surface area contributed by atoms with Gasteiger partial charge in [-0.05, 0) is 19.0 Å². The van der Waals surface area contributed by atoms with Crippen LogP contribution in [-0.2, 0) is 12.6 Å². The molecule has 0 heterocycles. The molecule has 0 atom stereocenters. The van der Waals surface area contributed by atoms with E-state index in [0.717, 1.165) is 5.75 Å². The van der Waals surface area contributed by atoms with Crippen molar-refractivity contribution in [2.24, 2.45) is 0 Å². The van der Waals surface area contributed by atoms with Crippen molar-refractivity contribution < 1.29 is 25.2 Å². The minimum absolute atomic E-state index is 1.12. The van der Waals surface area contributed by atoms with E-state index in [9.17, 15) is 25.2 Å². The Bertz CT molecular complexity index is 96.2. The predicted octanol–water partition coefficient (Wildman–Crippen LogP) is 3.79. The maximum absolute atomic E-state index is 10.7. The summed E-state index contributed by atoms with van der Waals surface area (Å²) in [6.45, 7) is 2.13. The monoisotopic (exact) mass is 222 g/mol. The van der Waals surface area contributed by atoms with Gasteiger partial charge in [0.2, 0.25) is 0 Å². The maximum atomic E-state index is 9.87. The molecule has 0 radical (unpaired) electrons. The molecule has 74 valence electrons. The van der Waals surface area contributed by atoms with E-state index in [-0.39, 0.29) is 0 Å². The topological polar surface area (TPSA) is 0 Å². The fraction of sp³-hybridized carbons (Fsp3) is 1.00. The molecular formula is C3H9F6PS. The summed E-state index contributed by atoms with van der Waals surface area (Å²) in [6, 6.07) is 0. The fourth-order valence-electron chi connectivity index (χ4n) is 0. The number of hydrogen-bond donors (Lipinski definition) is 0. The van der Waals surface area contributed by atoms with Gasteiger partial charge in [0.1, 0.15) is 5.75 Å². The molecule has 0 fully saturated rings. The van der Waals surface area contributed by atoms with Crippen molar-refractivity contribution in [1.29, 1.82) is 0 Å². The van der Waals surface area contributed by atoms with Gasteiger partial charge in [-0.15, -0.1) is 0 Å². The number of hydrogen-bond acceptors (Lipinski definition) is 0. The molecule has 0 aliphatic heterocycles. The van der Waals surface area contributed by atoms with Gasteiger partial charge in [-0.25, -0.2) is 0 Å². The van der Waals surface area contributed by atoms with Crippen LogP contribution in [0.4, 0.5) is 25.2 Å². The first-order chi connectivity index (χ1) is 4.36. The van der Waals surface area contributed by atoms with Gasteiger partial charge >= 0.3 is 33.0 Å². The second-order valence-corrected chi connectivity index (χ2v) is 4.12. The van der Waals surface area contributed by atoms with E-state index in [1.807, 2.05) is 0 Å². The summed E-state index contributed by atoms with van der Waals surface area (Å²) in [7, 11) is -10.7. The van der Waals surface area contributed by atoms with Crippen molar-refractivity contribution in [3.8, 4) is 0 Å². The van der Waals surface area contributed by atoms with Gasteiger partial charge in [-0.1, -0.05) is 6.92 Å². The summed E-state index contributed by atoms with van der Waals surface area (Å²) in [4.78, 5) is 0.